The van der Waals surface area contributed by atoms with Gasteiger partial charge in [-0.2, -0.15) is 0 Å². The highest BCUT2D eigenvalue weighted by atomic mass is 16.5. The second-order valence-corrected chi connectivity index (χ2v) is 13.8. The first-order valence-corrected chi connectivity index (χ1v) is 18.6. The molecule has 0 fully saturated rings. The Kier molecular flexibility index (Phi) is 8.01. The molecule has 1 aromatic heterocycles. The van der Waals surface area contributed by atoms with Crippen molar-refractivity contribution in [3.05, 3.63) is 228 Å². The molecule has 0 radical (unpaired) electrons. The number of aromatic nitrogens is 3. The van der Waals surface area contributed by atoms with Crippen LogP contribution in [0, 0.1) is 6.57 Å². The van der Waals surface area contributed by atoms with Crippen molar-refractivity contribution in [2.75, 3.05) is 0 Å². The van der Waals surface area contributed by atoms with Gasteiger partial charge in [-0.15, -0.1) is 0 Å². The molecule has 10 rings (SSSR count). The lowest BCUT2D eigenvalue weighted by Crippen LogP contribution is -2.34. The van der Waals surface area contributed by atoms with Gasteiger partial charge in [-0.1, -0.05) is 182 Å². The van der Waals surface area contributed by atoms with Gasteiger partial charge in [-0.05, 0) is 39.6 Å². The van der Waals surface area contributed by atoms with Gasteiger partial charge in [0.05, 0.1) is 12.0 Å². The maximum absolute atomic E-state index is 7.46. The first-order chi connectivity index (χ1) is 27.7. The van der Waals surface area contributed by atoms with E-state index in [1.165, 1.54) is 0 Å². The third-order valence-electron chi connectivity index (χ3n) is 10.7. The summed E-state index contributed by atoms with van der Waals surface area (Å²) in [6, 6.07) is 66.5. The van der Waals surface area contributed by atoms with Gasteiger partial charge in [0, 0.05) is 33.4 Å². The van der Waals surface area contributed by atoms with E-state index < -0.39 is 5.41 Å². The van der Waals surface area contributed by atoms with Crippen LogP contribution in [0.1, 0.15) is 22.3 Å². The summed E-state index contributed by atoms with van der Waals surface area (Å²) in [6.07, 6.45) is 0. The zero-order chi connectivity index (χ0) is 37.5. The van der Waals surface area contributed by atoms with Crippen molar-refractivity contribution in [1.29, 1.82) is 0 Å². The normalized spacial score (nSPS) is 12.6. The van der Waals surface area contributed by atoms with Crippen molar-refractivity contribution in [3.8, 4) is 56.8 Å². The average molecular weight is 717 g/mol. The molecule has 0 aliphatic carbocycles. The minimum absolute atomic E-state index is 0.535. The number of para-hydroxylation sites is 2. The molecule has 262 valence electrons. The van der Waals surface area contributed by atoms with Gasteiger partial charge in [0.2, 0.25) is 0 Å². The monoisotopic (exact) mass is 716 g/mol. The van der Waals surface area contributed by atoms with Crippen LogP contribution in [0.5, 0.6) is 11.5 Å². The highest BCUT2D eigenvalue weighted by Gasteiger charge is 2.45. The molecule has 5 heteroatoms. The standard InChI is InChI=1S/C51H32N4O/c1-52-40-31-29-35(30-32-40)48-53-49(55-50(54-48)43-25-13-16-34-15-8-9-23-41(34)43)37-18-12-17-36(33-37)42-24-14-27-45-47(42)56-46-28-11-10-26-44(46)51(45,38-19-4-2-5-20-38)39-21-6-3-7-22-39/h2-33H. The largest absolute Gasteiger partial charge is 0.456 e. The summed E-state index contributed by atoms with van der Waals surface area (Å²) in [5.74, 6) is 3.29. The third-order valence-corrected chi connectivity index (χ3v) is 10.7. The minimum atomic E-state index is -0.625. The van der Waals surface area contributed by atoms with Crippen LogP contribution >= 0.6 is 0 Å². The Balaban J connectivity index is 1.17. The van der Waals surface area contributed by atoms with E-state index in [9.17, 15) is 0 Å². The molecule has 2 heterocycles. The van der Waals surface area contributed by atoms with E-state index >= 15 is 0 Å². The van der Waals surface area contributed by atoms with E-state index in [1.54, 1.807) is 12.1 Å². The number of ether oxygens (including phenoxy) is 1. The highest BCUT2D eigenvalue weighted by molar-refractivity contribution is 5.95. The van der Waals surface area contributed by atoms with E-state index in [-0.39, 0.29) is 0 Å². The summed E-state index contributed by atoms with van der Waals surface area (Å²) < 4.78 is 6.96. The van der Waals surface area contributed by atoms with Crippen LogP contribution < -0.4 is 4.74 Å². The lowest BCUT2D eigenvalue weighted by molar-refractivity contribution is 0.436. The van der Waals surface area contributed by atoms with Crippen LogP contribution in [-0.2, 0) is 5.41 Å². The molecule has 0 bridgehead atoms. The number of benzene rings is 8. The number of nitrogens with zero attached hydrogens (tertiary/aromatic N) is 4. The molecule has 9 aromatic rings. The lowest BCUT2D eigenvalue weighted by atomic mass is 9.63. The van der Waals surface area contributed by atoms with Crippen molar-refractivity contribution < 1.29 is 4.74 Å². The maximum atomic E-state index is 7.46. The molecular formula is C51H32N4O. The molecule has 5 nitrogen and oxygen atoms in total. The summed E-state index contributed by atoms with van der Waals surface area (Å²) in [4.78, 5) is 18.8. The van der Waals surface area contributed by atoms with Crippen molar-refractivity contribution >= 4 is 16.5 Å². The Hall–Kier alpha value is -7.68. The molecule has 8 aromatic carbocycles. The van der Waals surface area contributed by atoms with Crippen molar-refractivity contribution in [2.45, 2.75) is 5.41 Å². The lowest BCUT2D eigenvalue weighted by Gasteiger charge is -2.42. The molecular weight excluding hydrogens is 685 g/mol. The third kappa shape index (κ3) is 5.43. The summed E-state index contributed by atoms with van der Waals surface area (Å²) in [5, 5.41) is 2.17. The Labute approximate surface area is 325 Å². The van der Waals surface area contributed by atoms with Gasteiger partial charge in [0.1, 0.15) is 11.5 Å². The van der Waals surface area contributed by atoms with Gasteiger partial charge in [0.25, 0.3) is 0 Å². The van der Waals surface area contributed by atoms with Crippen LogP contribution in [0.2, 0.25) is 0 Å². The molecule has 0 N–H and O–H groups in total. The fourth-order valence-electron chi connectivity index (χ4n) is 8.14. The molecule has 0 saturated heterocycles. The Morgan fingerprint density at radius 2 is 1.02 bits per heavy atom. The van der Waals surface area contributed by atoms with E-state index in [1.807, 2.05) is 48.5 Å². The fourth-order valence-corrected chi connectivity index (χ4v) is 8.14. The Morgan fingerprint density at radius 3 is 1.79 bits per heavy atom. The Bertz CT molecular complexity index is 2910. The average Bonchev–Trinajstić information content (AvgIpc) is 3.28. The zero-order valence-electron chi connectivity index (χ0n) is 30.2. The van der Waals surface area contributed by atoms with E-state index in [0.29, 0.717) is 23.2 Å². The summed E-state index contributed by atoms with van der Waals surface area (Å²) in [5.41, 5.74) is 8.94. The van der Waals surface area contributed by atoms with Gasteiger partial charge in [-0.3, -0.25) is 0 Å². The summed E-state index contributed by atoms with van der Waals surface area (Å²) >= 11 is 0. The Morgan fingerprint density at radius 1 is 0.446 bits per heavy atom. The fraction of sp³-hybridized carbons (Fsp3) is 0.0196. The van der Waals surface area contributed by atoms with E-state index in [2.05, 4.69) is 138 Å². The van der Waals surface area contributed by atoms with Crippen LogP contribution in [0.15, 0.2) is 194 Å². The molecule has 0 atom stereocenters. The van der Waals surface area contributed by atoms with E-state index in [4.69, 9.17) is 26.3 Å². The van der Waals surface area contributed by atoms with E-state index in [0.717, 1.165) is 72.3 Å². The summed E-state index contributed by atoms with van der Waals surface area (Å²) in [7, 11) is 0. The van der Waals surface area contributed by atoms with Crippen molar-refractivity contribution in [2.24, 2.45) is 0 Å². The minimum Gasteiger partial charge on any atom is -0.456 e. The van der Waals surface area contributed by atoms with Crippen LogP contribution in [0.25, 0.3) is 60.9 Å². The SMILES string of the molecule is [C-]#[N+]c1ccc(-c2nc(-c3cccc(-c4cccc5c4Oc4ccccc4C5(c4ccccc4)c4ccccc4)c3)nc(-c3cccc4ccccc34)n2)cc1. The van der Waals surface area contributed by atoms with Crippen LogP contribution in [0.3, 0.4) is 0 Å². The van der Waals surface area contributed by atoms with Crippen molar-refractivity contribution in [3.63, 3.8) is 0 Å². The molecule has 1 aliphatic heterocycles. The van der Waals surface area contributed by atoms with Gasteiger partial charge < -0.3 is 4.74 Å². The number of hydrogen-bond acceptors (Lipinski definition) is 4. The predicted octanol–water partition coefficient (Wildman–Crippen LogP) is 12.7. The molecule has 56 heavy (non-hydrogen) atoms. The number of rotatable bonds is 6. The highest BCUT2D eigenvalue weighted by Crippen LogP contribution is 2.57. The first-order valence-electron chi connectivity index (χ1n) is 18.6. The quantitative estimate of drug-likeness (QED) is 0.161. The molecule has 0 saturated carbocycles. The molecule has 0 spiro atoms. The smallest absolute Gasteiger partial charge is 0.187 e. The zero-order valence-corrected chi connectivity index (χ0v) is 30.2. The second kappa shape index (κ2) is 13.6. The van der Waals surface area contributed by atoms with Crippen LogP contribution in [0.4, 0.5) is 5.69 Å². The van der Waals surface area contributed by atoms with Gasteiger partial charge in [-0.25, -0.2) is 19.8 Å². The predicted molar refractivity (Wildman–Crippen MR) is 224 cm³/mol. The molecule has 0 unspecified atom stereocenters. The molecule has 0 amide bonds. The number of fused-ring (bicyclic) bond motifs is 3. The van der Waals surface area contributed by atoms with Crippen molar-refractivity contribution in [1.82, 2.24) is 15.0 Å². The van der Waals surface area contributed by atoms with Gasteiger partial charge >= 0.3 is 0 Å². The van der Waals surface area contributed by atoms with Crippen LogP contribution in [-0.4, -0.2) is 15.0 Å². The molecule has 1 aliphatic rings. The maximum Gasteiger partial charge on any atom is 0.187 e. The topological polar surface area (TPSA) is 52.3 Å². The number of hydrogen-bond donors (Lipinski definition) is 0. The summed E-state index contributed by atoms with van der Waals surface area (Å²) in [6.45, 7) is 7.46. The second-order valence-electron chi connectivity index (χ2n) is 13.8. The first kappa shape index (κ1) is 32.9. The van der Waals surface area contributed by atoms with Gasteiger partial charge in [0.15, 0.2) is 23.2 Å².